The van der Waals surface area contributed by atoms with Crippen molar-refractivity contribution in [2.75, 3.05) is 5.43 Å². The van der Waals surface area contributed by atoms with Gasteiger partial charge in [0, 0.05) is 22.4 Å². The van der Waals surface area contributed by atoms with Crippen molar-refractivity contribution in [1.82, 2.24) is 10.2 Å². The van der Waals surface area contributed by atoms with Crippen LogP contribution in [0.4, 0.5) is 5.82 Å². The third-order valence-electron chi connectivity index (χ3n) is 3.07. The highest BCUT2D eigenvalue weighted by molar-refractivity contribution is 5.91. The number of phenols is 3. The van der Waals surface area contributed by atoms with Gasteiger partial charge in [-0.1, -0.05) is 24.3 Å². The zero-order chi connectivity index (χ0) is 15.5. The maximum atomic E-state index is 9.67. The van der Waals surface area contributed by atoms with E-state index in [1.807, 2.05) is 24.3 Å². The fraction of sp³-hybridized carbons (Fsp3) is 0. The summed E-state index contributed by atoms with van der Waals surface area (Å²) in [6.45, 7) is 0. The van der Waals surface area contributed by atoms with Gasteiger partial charge in [-0.25, -0.2) is 0 Å². The number of phenolic OH excluding ortho intramolecular Hbond substituents is 3. The molecule has 0 amide bonds. The van der Waals surface area contributed by atoms with Crippen molar-refractivity contribution in [1.29, 1.82) is 0 Å². The molecule has 7 heteroatoms. The largest absolute Gasteiger partial charge is 0.507 e. The first kappa shape index (κ1) is 13.6. The van der Waals surface area contributed by atoms with E-state index in [1.54, 1.807) is 6.20 Å². The molecule has 3 rings (SSSR count). The van der Waals surface area contributed by atoms with Gasteiger partial charge >= 0.3 is 0 Å². The van der Waals surface area contributed by atoms with Crippen molar-refractivity contribution < 1.29 is 15.3 Å². The van der Waals surface area contributed by atoms with E-state index < -0.39 is 5.75 Å². The van der Waals surface area contributed by atoms with Crippen LogP contribution < -0.4 is 5.43 Å². The minimum absolute atomic E-state index is 0.204. The van der Waals surface area contributed by atoms with Crippen molar-refractivity contribution in [3.05, 3.63) is 48.2 Å². The zero-order valence-corrected chi connectivity index (χ0v) is 11.3. The molecule has 0 spiro atoms. The third-order valence-corrected chi connectivity index (χ3v) is 3.07. The normalized spacial score (nSPS) is 11.1. The number of nitrogens with one attached hydrogen (secondary N) is 1. The van der Waals surface area contributed by atoms with E-state index in [-0.39, 0.29) is 17.1 Å². The molecular weight excluding hydrogens is 284 g/mol. The number of fused-ring (bicyclic) bond motifs is 1. The highest BCUT2D eigenvalue weighted by Gasteiger charge is 2.06. The molecule has 7 nitrogen and oxygen atoms in total. The highest BCUT2D eigenvalue weighted by atomic mass is 16.3. The molecule has 0 aliphatic heterocycles. The van der Waals surface area contributed by atoms with E-state index in [0.29, 0.717) is 5.82 Å². The summed E-state index contributed by atoms with van der Waals surface area (Å²) in [5.74, 6) is -0.478. The summed E-state index contributed by atoms with van der Waals surface area (Å²) in [7, 11) is 0. The van der Waals surface area contributed by atoms with E-state index in [0.717, 1.165) is 16.8 Å². The van der Waals surface area contributed by atoms with Gasteiger partial charge in [0.15, 0.2) is 17.3 Å². The minimum Gasteiger partial charge on any atom is -0.507 e. The van der Waals surface area contributed by atoms with E-state index >= 15 is 0 Å². The van der Waals surface area contributed by atoms with Gasteiger partial charge in [0.1, 0.15) is 5.75 Å². The van der Waals surface area contributed by atoms with Gasteiger partial charge < -0.3 is 15.3 Å². The second-order valence-corrected chi connectivity index (χ2v) is 4.55. The van der Waals surface area contributed by atoms with Crippen LogP contribution in [0.5, 0.6) is 17.2 Å². The van der Waals surface area contributed by atoms with Crippen LogP contribution >= 0.6 is 0 Å². The van der Waals surface area contributed by atoms with Crippen LogP contribution in [0.1, 0.15) is 5.56 Å². The molecule has 0 unspecified atom stereocenters. The van der Waals surface area contributed by atoms with Gasteiger partial charge in [-0.05, 0) is 6.07 Å². The summed E-state index contributed by atoms with van der Waals surface area (Å²) in [6, 6.07) is 9.80. The lowest BCUT2D eigenvalue weighted by molar-refractivity contribution is 0.396. The van der Waals surface area contributed by atoms with E-state index in [9.17, 15) is 15.3 Å². The molecule has 22 heavy (non-hydrogen) atoms. The van der Waals surface area contributed by atoms with Gasteiger partial charge in [-0.2, -0.15) is 10.2 Å². The Morgan fingerprint density at radius 2 is 1.77 bits per heavy atom. The molecule has 1 heterocycles. The van der Waals surface area contributed by atoms with E-state index in [1.165, 1.54) is 12.3 Å². The summed E-state index contributed by atoms with van der Waals surface area (Å²) >= 11 is 0. The second-order valence-electron chi connectivity index (χ2n) is 4.55. The molecule has 0 aliphatic rings. The third kappa shape index (κ3) is 2.59. The number of rotatable bonds is 3. The Morgan fingerprint density at radius 1 is 1.00 bits per heavy atom. The maximum absolute atomic E-state index is 9.67. The fourth-order valence-corrected chi connectivity index (χ4v) is 1.96. The summed E-state index contributed by atoms with van der Waals surface area (Å²) in [6.07, 6.45) is 2.95. The highest BCUT2D eigenvalue weighted by Crippen LogP contribution is 2.31. The van der Waals surface area contributed by atoms with Crippen LogP contribution in [0.2, 0.25) is 0 Å². The molecule has 0 fully saturated rings. The van der Waals surface area contributed by atoms with Crippen LogP contribution in [-0.4, -0.2) is 31.7 Å². The number of aromatic hydroxyl groups is 3. The van der Waals surface area contributed by atoms with Crippen LogP contribution in [0.3, 0.4) is 0 Å². The monoisotopic (exact) mass is 296 g/mol. The van der Waals surface area contributed by atoms with Gasteiger partial charge in [-0.3, -0.25) is 5.43 Å². The average Bonchev–Trinajstić information content (AvgIpc) is 2.52. The predicted molar refractivity (Wildman–Crippen MR) is 82.2 cm³/mol. The Labute approximate surface area is 125 Å². The standard InChI is InChI=1S/C15H12N4O3/c20-12-6-14(22)13(21)5-10(12)8-17-19-15-11-4-2-1-3-9(11)7-16-18-15/h1-8,20-22H,(H,18,19)/b17-8+. The van der Waals surface area contributed by atoms with Gasteiger partial charge in [0.25, 0.3) is 0 Å². The molecule has 0 atom stereocenters. The number of aromatic nitrogens is 2. The lowest BCUT2D eigenvalue weighted by Crippen LogP contribution is -1.96. The van der Waals surface area contributed by atoms with Crippen molar-refractivity contribution in [3.63, 3.8) is 0 Å². The average molecular weight is 296 g/mol. The SMILES string of the molecule is Oc1cc(O)c(/C=N/Nc2nncc3ccccc23)cc1O. The molecule has 0 bridgehead atoms. The van der Waals surface area contributed by atoms with Gasteiger partial charge in [-0.15, -0.1) is 5.10 Å². The summed E-state index contributed by atoms with van der Waals surface area (Å²) in [4.78, 5) is 0. The molecular formula is C15H12N4O3. The first-order chi connectivity index (χ1) is 10.6. The van der Waals surface area contributed by atoms with Crippen molar-refractivity contribution in [2.24, 2.45) is 5.10 Å². The van der Waals surface area contributed by atoms with Gasteiger partial charge in [0.2, 0.25) is 0 Å². The van der Waals surface area contributed by atoms with Crippen LogP contribution in [-0.2, 0) is 0 Å². The number of hydrogen-bond acceptors (Lipinski definition) is 7. The number of anilines is 1. The van der Waals surface area contributed by atoms with E-state index in [2.05, 4.69) is 20.7 Å². The minimum atomic E-state index is -0.400. The maximum Gasteiger partial charge on any atom is 0.176 e. The molecule has 110 valence electrons. The number of hydrogen-bond donors (Lipinski definition) is 4. The predicted octanol–water partition coefficient (Wildman–Crippen LogP) is 2.19. The molecule has 2 aromatic carbocycles. The summed E-state index contributed by atoms with van der Waals surface area (Å²) in [5.41, 5.74) is 2.98. The summed E-state index contributed by atoms with van der Waals surface area (Å²) in [5, 5.41) is 41.9. The quantitative estimate of drug-likeness (QED) is 0.255. The first-order valence-electron chi connectivity index (χ1n) is 6.39. The molecule has 0 saturated heterocycles. The van der Waals surface area contributed by atoms with Gasteiger partial charge in [0.05, 0.1) is 12.4 Å². The Hall–Kier alpha value is -3.35. The van der Waals surface area contributed by atoms with Crippen molar-refractivity contribution in [2.45, 2.75) is 0 Å². The van der Waals surface area contributed by atoms with Crippen LogP contribution in [0, 0.1) is 0 Å². The number of nitrogens with zero attached hydrogens (tertiary/aromatic N) is 3. The molecule has 1 aromatic heterocycles. The molecule has 0 radical (unpaired) electrons. The lowest BCUT2D eigenvalue weighted by atomic mass is 10.2. The molecule has 0 aliphatic carbocycles. The Bertz CT molecular complexity index is 859. The molecule has 0 saturated carbocycles. The topological polar surface area (TPSA) is 111 Å². The van der Waals surface area contributed by atoms with Crippen LogP contribution in [0.15, 0.2) is 47.7 Å². The Balaban J connectivity index is 1.87. The zero-order valence-electron chi connectivity index (χ0n) is 11.3. The smallest absolute Gasteiger partial charge is 0.176 e. The van der Waals surface area contributed by atoms with Crippen molar-refractivity contribution in [3.8, 4) is 17.2 Å². The molecule has 3 aromatic rings. The molecule has 4 N–H and O–H groups in total. The van der Waals surface area contributed by atoms with E-state index in [4.69, 9.17) is 0 Å². The first-order valence-corrected chi connectivity index (χ1v) is 6.39. The Kier molecular flexibility index (Phi) is 3.45. The second kappa shape index (κ2) is 5.57. The fourth-order valence-electron chi connectivity index (χ4n) is 1.96. The Morgan fingerprint density at radius 3 is 2.64 bits per heavy atom. The summed E-state index contributed by atoms with van der Waals surface area (Å²) < 4.78 is 0. The van der Waals surface area contributed by atoms with Crippen molar-refractivity contribution >= 4 is 22.8 Å². The number of hydrazone groups is 1. The van der Waals surface area contributed by atoms with Crippen LogP contribution in [0.25, 0.3) is 10.8 Å². The lowest BCUT2D eigenvalue weighted by Gasteiger charge is -2.04. The number of benzene rings is 2.